The summed E-state index contributed by atoms with van der Waals surface area (Å²) in [6.45, 7) is 5.22. The minimum absolute atomic E-state index is 0.0146. The first-order chi connectivity index (χ1) is 13.0. The van der Waals surface area contributed by atoms with Gasteiger partial charge in [-0.15, -0.1) is 0 Å². The molecule has 2 amide bonds. The summed E-state index contributed by atoms with van der Waals surface area (Å²) in [5, 5.41) is 3.29. The molecule has 0 aliphatic carbocycles. The molecule has 1 atom stereocenters. The van der Waals surface area contributed by atoms with Gasteiger partial charge < -0.3 is 10.2 Å². The first-order valence-electron chi connectivity index (χ1n) is 9.06. The Kier molecular flexibility index (Phi) is 7.82. The molecule has 2 aromatic rings. The van der Waals surface area contributed by atoms with Gasteiger partial charge in [-0.3, -0.25) is 14.5 Å². The molecular formula is C21H26ClN3O2. The van der Waals surface area contributed by atoms with Crippen molar-refractivity contribution in [1.29, 1.82) is 0 Å². The predicted molar refractivity (Wildman–Crippen MR) is 110 cm³/mol. The Morgan fingerprint density at radius 1 is 1.00 bits per heavy atom. The molecule has 5 nitrogen and oxygen atoms in total. The molecule has 0 aromatic heterocycles. The highest BCUT2D eigenvalue weighted by Crippen LogP contribution is 2.23. The van der Waals surface area contributed by atoms with E-state index in [0.29, 0.717) is 23.8 Å². The van der Waals surface area contributed by atoms with Crippen molar-refractivity contribution in [3.8, 4) is 0 Å². The third-order valence-electron chi connectivity index (χ3n) is 4.41. The van der Waals surface area contributed by atoms with Gasteiger partial charge in [-0.2, -0.15) is 0 Å². The minimum Gasteiger partial charge on any atom is -0.342 e. The van der Waals surface area contributed by atoms with Gasteiger partial charge in [0, 0.05) is 13.1 Å². The van der Waals surface area contributed by atoms with Gasteiger partial charge >= 0.3 is 0 Å². The second kappa shape index (κ2) is 10.1. The molecule has 2 rings (SSSR count). The highest BCUT2D eigenvalue weighted by molar-refractivity contribution is 6.33. The number of carbonyl (C=O) groups is 2. The van der Waals surface area contributed by atoms with Crippen LogP contribution in [0.15, 0.2) is 54.6 Å². The molecule has 0 bridgehead atoms. The number of halogens is 1. The van der Waals surface area contributed by atoms with E-state index < -0.39 is 6.04 Å². The van der Waals surface area contributed by atoms with Gasteiger partial charge in [0.1, 0.15) is 6.04 Å². The van der Waals surface area contributed by atoms with Gasteiger partial charge in [0.25, 0.3) is 0 Å². The molecule has 0 heterocycles. The molecule has 0 aliphatic heterocycles. The molecule has 6 heteroatoms. The summed E-state index contributed by atoms with van der Waals surface area (Å²) < 4.78 is 0. The number of rotatable bonds is 8. The second-order valence-electron chi connectivity index (χ2n) is 6.27. The highest BCUT2D eigenvalue weighted by Gasteiger charge is 2.29. The number of para-hydroxylation sites is 1. The maximum atomic E-state index is 13.1. The van der Waals surface area contributed by atoms with Gasteiger partial charge in [-0.25, -0.2) is 0 Å². The van der Waals surface area contributed by atoms with E-state index in [1.165, 1.54) is 0 Å². The maximum absolute atomic E-state index is 13.1. The summed E-state index contributed by atoms with van der Waals surface area (Å²) in [6.07, 6.45) is 0. The van der Waals surface area contributed by atoms with Crippen LogP contribution in [0.25, 0.3) is 0 Å². The molecule has 0 fully saturated rings. The van der Waals surface area contributed by atoms with E-state index in [4.69, 9.17) is 11.6 Å². The first kappa shape index (κ1) is 20.9. The van der Waals surface area contributed by atoms with Crippen LogP contribution in [0.2, 0.25) is 5.02 Å². The van der Waals surface area contributed by atoms with Gasteiger partial charge in [-0.1, -0.05) is 54.1 Å². The summed E-state index contributed by atoms with van der Waals surface area (Å²) in [6, 6.07) is 16.1. The largest absolute Gasteiger partial charge is 0.342 e. The average molecular weight is 388 g/mol. The zero-order valence-corrected chi connectivity index (χ0v) is 16.7. The molecule has 0 saturated heterocycles. The zero-order valence-electron chi connectivity index (χ0n) is 16.0. The summed E-state index contributed by atoms with van der Waals surface area (Å²) in [4.78, 5) is 29.1. The third-order valence-corrected chi connectivity index (χ3v) is 4.74. The average Bonchev–Trinajstić information content (AvgIpc) is 2.65. The summed E-state index contributed by atoms with van der Waals surface area (Å²) in [5.41, 5.74) is 1.42. The lowest BCUT2D eigenvalue weighted by Crippen LogP contribution is -2.44. The van der Waals surface area contributed by atoms with Crippen molar-refractivity contribution in [2.45, 2.75) is 19.9 Å². The molecule has 2 aromatic carbocycles. The van der Waals surface area contributed by atoms with Gasteiger partial charge in [0.05, 0.1) is 17.3 Å². The topological polar surface area (TPSA) is 52.7 Å². The third kappa shape index (κ3) is 5.55. The van der Waals surface area contributed by atoms with Crippen LogP contribution in [0.1, 0.15) is 25.5 Å². The number of hydrogen-bond donors (Lipinski definition) is 1. The first-order valence-corrected chi connectivity index (χ1v) is 9.44. The molecule has 144 valence electrons. The van der Waals surface area contributed by atoms with Crippen molar-refractivity contribution in [1.82, 2.24) is 9.80 Å². The van der Waals surface area contributed by atoms with Crippen LogP contribution >= 0.6 is 11.6 Å². The Labute approximate surface area is 165 Å². The van der Waals surface area contributed by atoms with Crippen LogP contribution in [0.4, 0.5) is 5.69 Å². The smallest absolute Gasteiger partial charge is 0.244 e. The van der Waals surface area contributed by atoms with E-state index in [-0.39, 0.29) is 18.4 Å². The van der Waals surface area contributed by atoms with E-state index >= 15 is 0 Å². The number of carbonyl (C=O) groups excluding carboxylic acids is 2. The summed E-state index contributed by atoms with van der Waals surface area (Å²) in [5.74, 6) is -0.238. The SMILES string of the molecule is CCN(CC)C(=O)[C@@H](c1ccccc1)N(C)CC(=O)Nc1ccccc1Cl. The molecule has 0 unspecified atom stereocenters. The Bertz CT molecular complexity index is 763. The van der Waals surface area contributed by atoms with Crippen molar-refractivity contribution in [2.24, 2.45) is 0 Å². The lowest BCUT2D eigenvalue weighted by Gasteiger charge is -2.31. The van der Waals surface area contributed by atoms with Crippen LogP contribution in [0.3, 0.4) is 0 Å². The van der Waals surface area contributed by atoms with Crippen molar-refractivity contribution in [3.63, 3.8) is 0 Å². The van der Waals surface area contributed by atoms with Crippen LogP contribution in [0, 0.1) is 0 Å². The fraction of sp³-hybridized carbons (Fsp3) is 0.333. The highest BCUT2D eigenvalue weighted by atomic mass is 35.5. The predicted octanol–water partition coefficient (Wildman–Crippen LogP) is 3.82. The van der Waals surface area contributed by atoms with E-state index in [1.807, 2.05) is 50.2 Å². The van der Waals surface area contributed by atoms with E-state index in [9.17, 15) is 9.59 Å². The number of nitrogens with zero attached hydrogens (tertiary/aromatic N) is 2. The molecule has 0 spiro atoms. The van der Waals surface area contributed by atoms with E-state index in [0.717, 1.165) is 5.56 Å². The van der Waals surface area contributed by atoms with Crippen molar-refractivity contribution in [3.05, 3.63) is 65.2 Å². The van der Waals surface area contributed by atoms with Crippen LogP contribution in [-0.2, 0) is 9.59 Å². The standard InChI is InChI=1S/C21H26ClN3O2/c1-4-25(5-2)21(27)20(16-11-7-6-8-12-16)24(3)15-19(26)23-18-14-10-9-13-17(18)22/h6-14,20H,4-5,15H2,1-3H3,(H,23,26)/t20-/m1/s1. The fourth-order valence-electron chi connectivity index (χ4n) is 3.00. The summed E-state index contributed by atoms with van der Waals surface area (Å²) in [7, 11) is 1.78. The number of nitrogens with one attached hydrogen (secondary N) is 1. The fourth-order valence-corrected chi connectivity index (χ4v) is 3.18. The Balaban J connectivity index is 2.18. The maximum Gasteiger partial charge on any atom is 0.244 e. The number of anilines is 1. The molecule has 0 saturated carbocycles. The van der Waals surface area contributed by atoms with Crippen LogP contribution < -0.4 is 5.32 Å². The van der Waals surface area contributed by atoms with E-state index in [2.05, 4.69) is 5.32 Å². The number of amides is 2. The Morgan fingerprint density at radius 3 is 2.19 bits per heavy atom. The normalized spacial score (nSPS) is 11.9. The Hall–Kier alpha value is -2.37. The van der Waals surface area contributed by atoms with E-state index in [1.54, 1.807) is 35.0 Å². The van der Waals surface area contributed by atoms with Crippen molar-refractivity contribution in [2.75, 3.05) is 32.0 Å². The van der Waals surface area contributed by atoms with Crippen molar-refractivity contribution >= 4 is 29.1 Å². The molecule has 1 N–H and O–H groups in total. The molecule has 0 radical (unpaired) electrons. The lowest BCUT2D eigenvalue weighted by atomic mass is 10.0. The van der Waals surface area contributed by atoms with Crippen molar-refractivity contribution < 1.29 is 9.59 Å². The quantitative estimate of drug-likeness (QED) is 0.749. The van der Waals surface area contributed by atoms with Crippen LogP contribution in [-0.4, -0.2) is 48.3 Å². The summed E-state index contributed by atoms with van der Waals surface area (Å²) >= 11 is 6.10. The molecule has 27 heavy (non-hydrogen) atoms. The number of hydrogen-bond acceptors (Lipinski definition) is 3. The minimum atomic E-state index is -0.525. The van der Waals surface area contributed by atoms with Gasteiger partial charge in [0.2, 0.25) is 11.8 Å². The second-order valence-corrected chi connectivity index (χ2v) is 6.67. The lowest BCUT2D eigenvalue weighted by molar-refractivity contribution is -0.137. The zero-order chi connectivity index (χ0) is 19.8. The van der Waals surface area contributed by atoms with Crippen LogP contribution in [0.5, 0.6) is 0 Å². The van der Waals surface area contributed by atoms with Gasteiger partial charge in [0.15, 0.2) is 0 Å². The number of benzene rings is 2. The molecular weight excluding hydrogens is 362 g/mol. The monoisotopic (exact) mass is 387 g/mol. The Morgan fingerprint density at radius 2 is 1.59 bits per heavy atom. The van der Waals surface area contributed by atoms with Gasteiger partial charge in [-0.05, 0) is 38.6 Å². The molecule has 0 aliphatic rings. The number of likely N-dealkylation sites (N-methyl/N-ethyl adjacent to an activating group) is 2.